The maximum absolute atomic E-state index is 13.2. The van der Waals surface area contributed by atoms with Gasteiger partial charge in [-0.1, -0.05) is 13.3 Å². The second-order valence-electron chi connectivity index (χ2n) is 10.4. The molecule has 2 aromatic heterocycles. The van der Waals surface area contributed by atoms with E-state index in [1.165, 1.54) is 11.1 Å². The van der Waals surface area contributed by atoms with Crippen molar-refractivity contribution in [2.45, 2.75) is 90.6 Å². The molecule has 3 aromatic rings. The number of fused-ring (bicyclic) bond motifs is 1. The van der Waals surface area contributed by atoms with Crippen molar-refractivity contribution in [1.82, 2.24) is 30.1 Å². The molecule has 0 radical (unpaired) electrons. The molecule has 2 fully saturated rings. The van der Waals surface area contributed by atoms with Gasteiger partial charge < -0.3 is 14.5 Å². The molecule has 0 spiro atoms. The summed E-state index contributed by atoms with van der Waals surface area (Å²) in [7, 11) is 0. The van der Waals surface area contributed by atoms with Crippen LogP contribution in [0.3, 0.4) is 0 Å². The summed E-state index contributed by atoms with van der Waals surface area (Å²) in [6, 6.07) is 6.23. The number of rotatable bonds is 10. The summed E-state index contributed by atoms with van der Waals surface area (Å²) >= 11 is 0. The van der Waals surface area contributed by atoms with Crippen LogP contribution in [0.25, 0.3) is 10.9 Å². The Balaban J connectivity index is 1.48. The van der Waals surface area contributed by atoms with Gasteiger partial charge in [-0.15, -0.1) is 5.10 Å². The maximum atomic E-state index is 13.2. The summed E-state index contributed by atoms with van der Waals surface area (Å²) in [6.07, 6.45) is 6.38. The first kappa shape index (κ1) is 25.0. The first-order valence-electron chi connectivity index (χ1n) is 13.4. The summed E-state index contributed by atoms with van der Waals surface area (Å²) in [5.74, 6) is 0.842. The maximum Gasteiger partial charge on any atom is 0.252 e. The van der Waals surface area contributed by atoms with Crippen LogP contribution in [-0.2, 0) is 22.6 Å². The van der Waals surface area contributed by atoms with Gasteiger partial charge in [0.25, 0.3) is 5.56 Å². The first-order chi connectivity index (χ1) is 17.5. The van der Waals surface area contributed by atoms with E-state index < -0.39 is 0 Å². The van der Waals surface area contributed by atoms with Crippen molar-refractivity contribution in [3.05, 3.63) is 51.1 Å². The molecule has 9 nitrogen and oxygen atoms in total. The average molecular weight is 495 g/mol. The monoisotopic (exact) mass is 494 g/mol. The van der Waals surface area contributed by atoms with E-state index in [4.69, 9.17) is 9.47 Å². The molecule has 1 aromatic carbocycles. The fraction of sp³-hybridized carbons (Fsp3) is 0.630. The minimum atomic E-state index is -0.0442. The Labute approximate surface area is 212 Å². The molecule has 4 heterocycles. The van der Waals surface area contributed by atoms with Crippen molar-refractivity contribution in [3.8, 4) is 0 Å². The fourth-order valence-electron chi connectivity index (χ4n) is 5.52. The topological polar surface area (TPSA) is 98.2 Å². The molecule has 2 aliphatic heterocycles. The molecule has 1 N–H and O–H groups in total. The highest BCUT2D eigenvalue weighted by molar-refractivity contribution is 5.80. The number of aryl methyl sites for hydroxylation is 2. The SMILES string of the molecule is CCC[C@H](c1nnnn1C[C@@H]1CCCO1)N(Cc1cc2cc(C)c(C)cc2[nH]c1=O)C[C@H]1CCCO1. The van der Waals surface area contributed by atoms with E-state index in [0.717, 1.165) is 80.6 Å². The number of nitrogens with zero attached hydrogens (tertiary/aromatic N) is 5. The summed E-state index contributed by atoms with van der Waals surface area (Å²) in [5.41, 5.74) is 3.98. The van der Waals surface area contributed by atoms with Crippen molar-refractivity contribution in [1.29, 1.82) is 0 Å². The van der Waals surface area contributed by atoms with Gasteiger partial charge in [-0.2, -0.15) is 0 Å². The number of pyridine rings is 1. The van der Waals surface area contributed by atoms with Gasteiger partial charge in [-0.05, 0) is 91.1 Å². The smallest absolute Gasteiger partial charge is 0.252 e. The Bertz CT molecular complexity index is 1230. The predicted molar refractivity (Wildman–Crippen MR) is 138 cm³/mol. The van der Waals surface area contributed by atoms with Crippen LogP contribution in [0.2, 0.25) is 0 Å². The fourth-order valence-corrected chi connectivity index (χ4v) is 5.52. The van der Waals surface area contributed by atoms with Gasteiger partial charge >= 0.3 is 0 Å². The van der Waals surface area contributed by atoms with Crippen molar-refractivity contribution >= 4 is 10.9 Å². The highest BCUT2D eigenvalue weighted by Crippen LogP contribution is 2.29. The first-order valence-corrected chi connectivity index (χ1v) is 13.4. The number of hydrogen-bond donors (Lipinski definition) is 1. The van der Waals surface area contributed by atoms with Crippen LogP contribution in [0.15, 0.2) is 23.0 Å². The number of tetrazole rings is 1. The molecule has 0 bridgehead atoms. The van der Waals surface area contributed by atoms with E-state index >= 15 is 0 Å². The number of aromatic amines is 1. The average Bonchev–Trinajstić information content (AvgIpc) is 3.63. The molecule has 0 saturated carbocycles. The molecule has 194 valence electrons. The van der Waals surface area contributed by atoms with Crippen LogP contribution in [-0.4, -0.2) is 62.1 Å². The molecule has 3 atom stereocenters. The number of H-pyrrole nitrogens is 1. The van der Waals surface area contributed by atoms with Gasteiger partial charge in [-0.3, -0.25) is 9.69 Å². The van der Waals surface area contributed by atoms with E-state index in [2.05, 4.69) is 58.3 Å². The lowest BCUT2D eigenvalue weighted by Gasteiger charge is -2.32. The van der Waals surface area contributed by atoms with E-state index in [-0.39, 0.29) is 23.8 Å². The lowest BCUT2D eigenvalue weighted by molar-refractivity contribution is 0.0457. The molecule has 2 saturated heterocycles. The second kappa shape index (κ2) is 11.2. The zero-order valence-corrected chi connectivity index (χ0v) is 21.7. The normalized spacial score (nSPS) is 21.1. The minimum absolute atomic E-state index is 0.0227. The Hall–Kier alpha value is -2.62. The predicted octanol–water partition coefficient (Wildman–Crippen LogP) is 3.83. The summed E-state index contributed by atoms with van der Waals surface area (Å²) in [6.45, 7) is 9.86. The molecule has 9 heteroatoms. The van der Waals surface area contributed by atoms with Crippen LogP contribution in [0, 0.1) is 13.8 Å². The van der Waals surface area contributed by atoms with Gasteiger partial charge in [0, 0.05) is 37.4 Å². The third-order valence-corrected chi connectivity index (χ3v) is 7.63. The number of nitrogens with one attached hydrogen (secondary N) is 1. The third-order valence-electron chi connectivity index (χ3n) is 7.63. The van der Waals surface area contributed by atoms with Gasteiger partial charge in [0.15, 0.2) is 5.82 Å². The van der Waals surface area contributed by atoms with Crippen LogP contribution < -0.4 is 5.56 Å². The van der Waals surface area contributed by atoms with E-state index in [0.29, 0.717) is 13.1 Å². The minimum Gasteiger partial charge on any atom is -0.377 e. The van der Waals surface area contributed by atoms with E-state index in [1.807, 2.05) is 10.7 Å². The molecule has 2 aliphatic rings. The summed E-state index contributed by atoms with van der Waals surface area (Å²) in [5, 5.41) is 13.9. The van der Waals surface area contributed by atoms with Crippen molar-refractivity contribution in [3.63, 3.8) is 0 Å². The Kier molecular flexibility index (Phi) is 7.79. The third kappa shape index (κ3) is 5.53. The standard InChI is InChI=1S/C27H38N6O3/c1-4-7-25(26-29-30-31-33(26)17-23-9-6-11-36-23)32(16-22-8-5-10-35-22)15-21-14-20-12-18(2)19(3)13-24(20)28-27(21)34/h12-14,22-23,25H,4-11,15-17H2,1-3H3,(H,28,34)/t22-,23+,25-/m1/s1. The number of benzene rings is 1. The van der Waals surface area contributed by atoms with Crippen LogP contribution in [0.4, 0.5) is 0 Å². The zero-order valence-electron chi connectivity index (χ0n) is 21.7. The molecule has 36 heavy (non-hydrogen) atoms. The van der Waals surface area contributed by atoms with Crippen LogP contribution >= 0.6 is 0 Å². The lowest BCUT2D eigenvalue weighted by atomic mass is 10.0. The molecule has 0 amide bonds. The van der Waals surface area contributed by atoms with Gasteiger partial charge in [0.05, 0.1) is 24.8 Å². The molecule has 5 rings (SSSR count). The van der Waals surface area contributed by atoms with Crippen LogP contribution in [0.5, 0.6) is 0 Å². The van der Waals surface area contributed by atoms with Crippen LogP contribution in [0.1, 0.15) is 74.0 Å². The number of ether oxygens (including phenoxy) is 2. The lowest BCUT2D eigenvalue weighted by Crippen LogP contribution is -2.38. The van der Waals surface area contributed by atoms with Gasteiger partial charge in [-0.25, -0.2) is 4.68 Å². The van der Waals surface area contributed by atoms with Crippen molar-refractivity contribution < 1.29 is 9.47 Å². The molecule has 0 aliphatic carbocycles. The Morgan fingerprint density at radius 1 is 1.11 bits per heavy atom. The van der Waals surface area contributed by atoms with Crippen molar-refractivity contribution in [2.75, 3.05) is 19.8 Å². The van der Waals surface area contributed by atoms with E-state index in [1.54, 1.807) is 0 Å². The quantitative estimate of drug-likeness (QED) is 0.457. The Morgan fingerprint density at radius 3 is 2.58 bits per heavy atom. The zero-order chi connectivity index (χ0) is 25.1. The Morgan fingerprint density at radius 2 is 1.86 bits per heavy atom. The number of hydrogen-bond acceptors (Lipinski definition) is 7. The molecular formula is C27H38N6O3. The largest absolute Gasteiger partial charge is 0.377 e. The van der Waals surface area contributed by atoms with Crippen molar-refractivity contribution in [2.24, 2.45) is 0 Å². The van der Waals surface area contributed by atoms with Gasteiger partial charge in [0.2, 0.25) is 0 Å². The number of aromatic nitrogens is 5. The van der Waals surface area contributed by atoms with E-state index in [9.17, 15) is 4.79 Å². The summed E-state index contributed by atoms with van der Waals surface area (Å²) in [4.78, 5) is 18.7. The summed E-state index contributed by atoms with van der Waals surface area (Å²) < 4.78 is 13.8. The second-order valence-corrected chi connectivity index (χ2v) is 10.4. The highest BCUT2D eigenvalue weighted by atomic mass is 16.5. The van der Waals surface area contributed by atoms with Gasteiger partial charge in [0.1, 0.15) is 0 Å². The highest BCUT2D eigenvalue weighted by Gasteiger charge is 2.31. The molecule has 0 unspecified atom stereocenters. The molecular weight excluding hydrogens is 456 g/mol.